The second-order valence-electron chi connectivity index (χ2n) is 11.3. The maximum absolute atomic E-state index is 15.1. The molecule has 3 aromatic rings. The lowest BCUT2D eigenvalue weighted by atomic mass is 9.65. The molecule has 12 heteroatoms. The first-order valence-electron chi connectivity index (χ1n) is 13.2. The summed E-state index contributed by atoms with van der Waals surface area (Å²) in [5.41, 5.74) is 6.66. The number of aromatic nitrogens is 1. The summed E-state index contributed by atoms with van der Waals surface area (Å²) in [5, 5.41) is 9.37. The number of benzene rings is 2. The van der Waals surface area contributed by atoms with Crippen molar-refractivity contribution in [2.75, 3.05) is 24.3 Å². The van der Waals surface area contributed by atoms with Crippen LogP contribution in [-0.4, -0.2) is 42.9 Å². The maximum atomic E-state index is 15.1. The van der Waals surface area contributed by atoms with Gasteiger partial charge in [-0.2, -0.15) is 0 Å². The van der Waals surface area contributed by atoms with E-state index in [9.17, 15) is 14.4 Å². The van der Waals surface area contributed by atoms with E-state index in [1.54, 1.807) is 36.5 Å². The molecule has 2 unspecified atom stereocenters. The summed E-state index contributed by atoms with van der Waals surface area (Å²) < 4.78 is 20.4. The van der Waals surface area contributed by atoms with Crippen molar-refractivity contribution >= 4 is 57.1 Å². The highest BCUT2D eigenvalue weighted by atomic mass is 79.9. The van der Waals surface area contributed by atoms with Crippen molar-refractivity contribution in [1.82, 2.24) is 10.3 Å². The van der Waals surface area contributed by atoms with Gasteiger partial charge in [-0.1, -0.05) is 44.5 Å². The van der Waals surface area contributed by atoms with Gasteiger partial charge in [0.2, 0.25) is 18.2 Å². The van der Waals surface area contributed by atoms with Gasteiger partial charge in [-0.15, -0.1) is 0 Å². The van der Waals surface area contributed by atoms with Crippen LogP contribution in [0.5, 0.6) is 5.75 Å². The van der Waals surface area contributed by atoms with Gasteiger partial charge < -0.3 is 26.4 Å². The first-order chi connectivity index (χ1) is 19.8. The number of primary amides is 1. The molecule has 3 amide bonds. The predicted octanol–water partition coefficient (Wildman–Crippen LogP) is 5.38. The number of carbonyl (C=O) groups excluding carboxylic acids is 3. The van der Waals surface area contributed by atoms with Crippen molar-refractivity contribution in [3.05, 3.63) is 80.8 Å². The van der Waals surface area contributed by atoms with E-state index in [1.165, 1.54) is 19.2 Å². The molecule has 1 aromatic heterocycles. The Hall–Kier alpha value is -3.54. The minimum Gasteiger partial charge on any atom is -0.495 e. The third-order valence-electron chi connectivity index (χ3n) is 7.41. The topological polar surface area (TPSA) is 135 Å². The number of ether oxygens (including phenoxy) is 1. The molecule has 5 rings (SSSR count). The van der Waals surface area contributed by atoms with Gasteiger partial charge >= 0.3 is 0 Å². The van der Waals surface area contributed by atoms with Crippen LogP contribution in [0, 0.1) is 11.2 Å². The molecule has 0 saturated carbocycles. The lowest BCUT2D eigenvalue weighted by Crippen LogP contribution is -2.50. The Morgan fingerprint density at radius 1 is 1.31 bits per heavy atom. The fourth-order valence-electron chi connectivity index (χ4n) is 5.69. The zero-order chi connectivity index (χ0) is 30.8. The largest absolute Gasteiger partial charge is 0.495 e. The predicted molar refractivity (Wildman–Crippen MR) is 163 cm³/mol. The summed E-state index contributed by atoms with van der Waals surface area (Å²) in [6.45, 7) is 6.90. The Morgan fingerprint density at radius 3 is 2.69 bits per heavy atom. The average molecular weight is 661 g/mol. The number of hydrogen-bond donors (Lipinski definition) is 4. The van der Waals surface area contributed by atoms with Crippen LogP contribution < -0.4 is 26.4 Å². The van der Waals surface area contributed by atoms with Crippen LogP contribution in [0.1, 0.15) is 54.7 Å². The van der Waals surface area contributed by atoms with Gasteiger partial charge in [-0.25, -0.2) is 4.39 Å². The molecule has 3 heterocycles. The van der Waals surface area contributed by atoms with Crippen molar-refractivity contribution in [2.24, 2.45) is 11.1 Å². The lowest BCUT2D eigenvalue weighted by Gasteiger charge is -2.36. The highest BCUT2D eigenvalue weighted by Gasteiger charge is 2.62. The summed E-state index contributed by atoms with van der Waals surface area (Å²) in [6, 6.07) is 11.3. The quantitative estimate of drug-likeness (QED) is 0.262. The number of rotatable bonds is 6. The second kappa shape index (κ2) is 12.4. The van der Waals surface area contributed by atoms with Crippen LogP contribution in [0.25, 0.3) is 0 Å². The highest BCUT2D eigenvalue weighted by molar-refractivity contribution is 9.10. The number of nitrogens with one attached hydrogen (secondary N) is 3. The van der Waals surface area contributed by atoms with Gasteiger partial charge in [-0.3, -0.25) is 19.4 Å². The van der Waals surface area contributed by atoms with E-state index < -0.39 is 11.3 Å². The van der Waals surface area contributed by atoms with E-state index in [0.717, 1.165) is 6.42 Å². The zero-order valence-electron chi connectivity index (χ0n) is 23.6. The molecule has 1 fully saturated rings. The third-order valence-corrected chi connectivity index (χ3v) is 8.23. The van der Waals surface area contributed by atoms with Gasteiger partial charge in [0.25, 0.3) is 0 Å². The second-order valence-corrected chi connectivity index (χ2v) is 12.6. The molecule has 1 saturated heterocycles. The number of methoxy groups -OCH3 is 1. The lowest BCUT2D eigenvalue weighted by molar-refractivity contribution is -0.122. The van der Waals surface area contributed by atoms with Crippen molar-refractivity contribution in [3.8, 4) is 5.75 Å². The molecule has 2 aromatic carbocycles. The Kier molecular flexibility index (Phi) is 9.24. The normalized spacial score (nSPS) is 20.8. The smallest absolute Gasteiger partial charge is 0.248 e. The zero-order valence-corrected chi connectivity index (χ0v) is 25.9. The SMILES string of the molecule is CC(C)(C)CC1NCC(c2cccc(Br)c2F)[C@]12C(=O)Nc1cc(Cl)cnc12.COc1cc(C(N)=O)ccc1NC=O. The fraction of sp³-hybridized carbons (Fsp3) is 0.333. The van der Waals surface area contributed by atoms with E-state index in [0.29, 0.717) is 56.4 Å². The fourth-order valence-corrected chi connectivity index (χ4v) is 6.23. The molecule has 5 N–H and O–H groups in total. The molecule has 2 aliphatic heterocycles. The summed E-state index contributed by atoms with van der Waals surface area (Å²) >= 11 is 9.39. The van der Waals surface area contributed by atoms with E-state index in [4.69, 9.17) is 22.1 Å². The van der Waals surface area contributed by atoms with Crippen LogP contribution in [0.4, 0.5) is 15.8 Å². The van der Waals surface area contributed by atoms with E-state index in [2.05, 4.69) is 57.6 Å². The van der Waals surface area contributed by atoms with Crippen LogP contribution in [0.2, 0.25) is 5.02 Å². The molecule has 222 valence electrons. The van der Waals surface area contributed by atoms with E-state index in [-0.39, 0.29) is 29.1 Å². The number of amides is 3. The van der Waals surface area contributed by atoms with Crippen LogP contribution in [0.3, 0.4) is 0 Å². The molecule has 2 aliphatic rings. The highest BCUT2D eigenvalue weighted by Crippen LogP contribution is 2.54. The molecular weight excluding hydrogens is 629 g/mol. The number of hydrogen-bond acceptors (Lipinski definition) is 6. The van der Waals surface area contributed by atoms with E-state index in [1.807, 2.05) is 0 Å². The Labute approximate surface area is 256 Å². The molecule has 42 heavy (non-hydrogen) atoms. The van der Waals surface area contributed by atoms with Gasteiger partial charge in [0.1, 0.15) is 17.0 Å². The average Bonchev–Trinajstić information content (AvgIpc) is 3.42. The number of fused-ring (bicyclic) bond motifs is 2. The van der Waals surface area contributed by atoms with Crippen molar-refractivity contribution < 1.29 is 23.5 Å². The van der Waals surface area contributed by atoms with E-state index >= 15 is 4.39 Å². The maximum Gasteiger partial charge on any atom is 0.248 e. The number of pyridine rings is 1. The molecule has 9 nitrogen and oxygen atoms in total. The van der Waals surface area contributed by atoms with Crippen LogP contribution in [-0.2, 0) is 15.0 Å². The molecular formula is C30H32BrClFN5O4. The molecule has 0 aliphatic carbocycles. The number of halogens is 3. The molecule has 1 spiro atoms. The Balaban J connectivity index is 0.000000244. The first-order valence-corrected chi connectivity index (χ1v) is 14.3. The Bertz CT molecular complexity index is 1530. The standard InChI is InChI=1S/C21H22BrClFN3O.C9H10N2O3/c1-20(2,3)8-16-21(18-15(27-19(21)28)7-11(23)9-26-18)13(10-25-16)12-5-4-6-14(22)17(12)24;1-14-8-4-6(9(10)13)2-3-7(8)11-5-12/h4-7,9,13,16,25H,8,10H2,1-3H3,(H,27,28);2-5H,1H3,(H2,10,13)(H,11,12)/t13?,16?,21-;/m0./s1. The minimum atomic E-state index is -0.991. The molecule has 0 radical (unpaired) electrons. The van der Waals surface area contributed by atoms with Crippen molar-refractivity contribution in [2.45, 2.75) is 44.6 Å². The summed E-state index contributed by atoms with van der Waals surface area (Å²) in [7, 11) is 1.44. The first kappa shape index (κ1) is 31.4. The number of nitrogens with zero attached hydrogens (tertiary/aromatic N) is 1. The van der Waals surface area contributed by atoms with Gasteiger partial charge in [-0.05, 0) is 63.7 Å². The number of carbonyl (C=O) groups is 3. The van der Waals surface area contributed by atoms with Crippen LogP contribution >= 0.6 is 27.5 Å². The number of anilines is 2. The Morgan fingerprint density at radius 2 is 2.05 bits per heavy atom. The molecule has 0 bridgehead atoms. The minimum absolute atomic E-state index is 0.0230. The number of nitrogens with two attached hydrogens (primary N) is 1. The van der Waals surface area contributed by atoms with Crippen LogP contribution in [0.15, 0.2) is 53.1 Å². The van der Waals surface area contributed by atoms with Gasteiger partial charge in [0.05, 0.1) is 33.7 Å². The summed E-state index contributed by atoms with van der Waals surface area (Å²) in [4.78, 5) is 39.1. The van der Waals surface area contributed by atoms with Crippen molar-refractivity contribution in [1.29, 1.82) is 0 Å². The molecule has 3 atom stereocenters. The summed E-state index contributed by atoms with van der Waals surface area (Å²) in [6.07, 6.45) is 2.83. The summed E-state index contributed by atoms with van der Waals surface area (Å²) in [5.74, 6) is -1.01. The monoisotopic (exact) mass is 659 g/mol. The van der Waals surface area contributed by atoms with Crippen molar-refractivity contribution in [3.63, 3.8) is 0 Å². The third kappa shape index (κ3) is 5.99. The van der Waals surface area contributed by atoms with Gasteiger partial charge in [0.15, 0.2) is 0 Å². The van der Waals surface area contributed by atoms with Gasteiger partial charge in [0, 0.05) is 30.3 Å².